The third-order valence-corrected chi connectivity index (χ3v) is 3.99. The molecule has 0 saturated carbocycles. The molecule has 2 aromatic rings. The van der Waals surface area contributed by atoms with Crippen LogP contribution in [0.3, 0.4) is 0 Å². The Balaban J connectivity index is 1.66. The van der Waals surface area contributed by atoms with Crippen molar-refractivity contribution in [2.24, 2.45) is 5.73 Å². The molecule has 0 fully saturated rings. The number of likely N-dealkylation sites (N-methyl/N-ethyl adjacent to an activating group) is 1. The Labute approximate surface area is 138 Å². The largest absolute Gasteiger partial charge is 0.485 e. The van der Waals surface area contributed by atoms with Crippen molar-refractivity contribution in [1.29, 1.82) is 0 Å². The number of nitrogens with zero attached hydrogens (tertiary/aromatic N) is 1. The second-order valence-corrected chi connectivity index (χ2v) is 5.57. The van der Waals surface area contributed by atoms with E-state index >= 15 is 0 Å². The maximum atomic E-state index is 12.3. The predicted octanol–water partition coefficient (Wildman–Crippen LogP) is 1.57. The van der Waals surface area contributed by atoms with Crippen molar-refractivity contribution in [3.05, 3.63) is 59.2 Å². The lowest BCUT2D eigenvalue weighted by molar-refractivity contribution is -0.117. The first-order valence-electron chi connectivity index (χ1n) is 7.41. The number of primary amides is 1. The molecule has 1 heterocycles. The summed E-state index contributed by atoms with van der Waals surface area (Å²) in [7, 11) is 1.72. The van der Waals surface area contributed by atoms with E-state index < -0.39 is 5.91 Å². The summed E-state index contributed by atoms with van der Waals surface area (Å²) < 4.78 is 5.44. The second-order valence-electron chi connectivity index (χ2n) is 5.57. The molecule has 0 bridgehead atoms. The molecule has 0 unspecified atom stereocenters. The highest BCUT2D eigenvalue weighted by atomic mass is 16.5. The van der Waals surface area contributed by atoms with Crippen molar-refractivity contribution >= 4 is 23.3 Å². The first-order chi connectivity index (χ1) is 11.5. The standard InChI is InChI=1S/C18H16N2O4/c1-20-15-7-4-12(8-13(15)9-17(20)22)16(21)10-24-14-5-2-11(3-6-14)18(19)23/h2-8H,9-10H2,1H3,(H2,19,23). The minimum atomic E-state index is -0.518. The number of ether oxygens (including phenoxy) is 1. The number of nitrogens with two attached hydrogens (primary N) is 1. The van der Waals surface area contributed by atoms with Crippen LogP contribution in [0, 0.1) is 0 Å². The lowest BCUT2D eigenvalue weighted by Gasteiger charge is -2.10. The molecule has 2 N–H and O–H groups in total. The summed E-state index contributed by atoms with van der Waals surface area (Å²) in [6, 6.07) is 11.5. The van der Waals surface area contributed by atoms with Gasteiger partial charge >= 0.3 is 0 Å². The Morgan fingerprint density at radius 1 is 1.12 bits per heavy atom. The van der Waals surface area contributed by atoms with Gasteiger partial charge in [-0.3, -0.25) is 14.4 Å². The summed E-state index contributed by atoms with van der Waals surface area (Å²) in [4.78, 5) is 36.5. The van der Waals surface area contributed by atoms with Gasteiger partial charge in [0.25, 0.3) is 0 Å². The van der Waals surface area contributed by atoms with E-state index in [9.17, 15) is 14.4 Å². The molecule has 0 aliphatic carbocycles. The molecule has 1 aliphatic heterocycles. The molecule has 6 heteroatoms. The molecule has 0 atom stereocenters. The van der Waals surface area contributed by atoms with Gasteiger partial charge in [-0.25, -0.2) is 0 Å². The molecule has 0 aromatic heterocycles. The number of amides is 2. The number of benzene rings is 2. The van der Waals surface area contributed by atoms with Gasteiger partial charge in [0.2, 0.25) is 11.8 Å². The van der Waals surface area contributed by atoms with Crippen LogP contribution in [0.15, 0.2) is 42.5 Å². The number of carbonyl (C=O) groups excluding carboxylic acids is 3. The summed E-state index contributed by atoms with van der Waals surface area (Å²) >= 11 is 0. The summed E-state index contributed by atoms with van der Waals surface area (Å²) in [6.45, 7) is -0.126. The monoisotopic (exact) mass is 324 g/mol. The number of hydrogen-bond donors (Lipinski definition) is 1. The van der Waals surface area contributed by atoms with Gasteiger partial charge in [0.1, 0.15) is 5.75 Å². The summed E-state index contributed by atoms with van der Waals surface area (Å²) in [5.41, 5.74) is 7.73. The number of ketones is 1. The predicted molar refractivity (Wildman–Crippen MR) is 88.3 cm³/mol. The maximum absolute atomic E-state index is 12.3. The summed E-state index contributed by atoms with van der Waals surface area (Å²) in [6.07, 6.45) is 0.308. The maximum Gasteiger partial charge on any atom is 0.248 e. The Morgan fingerprint density at radius 3 is 2.46 bits per heavy atom. The first-order valence-corrected chi connectivity index (χ1v) is 7.41. The highest BCUT2D eigenvalue weighted by molar-refractivity contribution is 6.03. The second kappa shape index (κ2) is 6.16. The molecule has 1 aliphatic rings. The van der Waals surface area contributed by atoms with Crippen molar-refractivity contribution in [1.82, 2.24) is 0 Å². The molecule has 2 aromatic carbocycles. The van der Waals surface area contributed by atoms with Crippen molar-refractivity contribution in [3.63, 3.8) is 0 Å². The number of hydrogen-bond acceptors (Lipinski definition) is 4. The first kappa shape index (κ1) is 15.7. The van der Waals surface area contributed by atoms with Gasteiger partial charge in [-0.05, 0) is 48.0 Å². The minimum Gasteiger partial charge on any atom is -0.485 e. The average Bonchev–Trinajstić information content (AvgIpc) is 2.87. The highest BCUT2D eigenvalue weighted by Gasteiger charge is 2.24. The van der Waals surface area contributed by atoms with Crippen LogP contribution in [0.25, 0.3) is 0 Å². The zero-order valence-electron chi connectivity index (χ0n) is 13.1. The Bertz CT molecular complexity index is 827. The van der Waals surface area contributed by atoms with E-state index in [4.69, 9.17) is 10.5 Å². The van der Waals surface area contributed by atoms with Gasteiger partial charge in [-0.15, -0.1) is 0 Å². The van der Waals surface area contributed by atoms with Crippen LogP contribution in [0.4, 0.5) is 5.69 Å². The van der Waals surface area contributed by atoms with E-state index in [0.29, 0.717) is 23.3 Å². The van der Waals surface area contributed by atoms with Crippen LogP contribution in [0.5, 0.6) is 5.75 Å². The average molecular weight is 324 g/mol. The fraction of sp³-hybridized carbons (Fsp3) is 0.167. The fourth-order valence-corrected chi connectivity index (χ4v) is 2.59. The molecule has 6 nitrogen and oxygen atoms in total. The lowest BCUT2D eigenvalue weighted by Crippen LogP contribution is -2.20. The molecule has 122 valence electrons. The van der Waals surface area contributed by atoms with Crippen LogP contribution in [-0.2, 0) is 11.2 Å². The molecule has 0 radical (unpaired) electrons. The van der Waals surface area contributed by atoms with Gasteiger partial charge in [-0.2, -0.15) is 0 Å². The number of Topliss-reactive ketones (excluding diaryl/α,β-unsaturated/α-hetero) is 1. The number of fused-ring (bicyclic) bond motifs is 1. The van der Waals surface area contributed by atoms with E-state index in [2.05, 4.69) is 0 Å². The lowest BCUT2D eigenvalue weighted by atomic mass is 10.1. The number of carbonyl (C=O) groups is 3. The van der Waals surface area contributed by atoms with Gasteiger partial charge in [0, 0.05) is 23.9 Å². The smallest absolute Gasteiger partial charge is 0.248 e. The Morgan fingerprint density at radius 2 is 1.79 bits per heavy atom. The normalized spacial score (nSPS) is 12.9. The summed E-state index contributed by atoms with van der Waals surface area (Å²) in [5.74, 6) is -0.209. The molecular formula is C18H16N2O4. The third kappa shape index (κ3) is 2.99. The third-order valence-electron chi connectivity index (χ3n) is 3.99. The van der Waals surface area contributed by atoms with Crippen LogP contribution in [0.2, 0.25) is 0 Å². The van der Waals surface area contributed by atoms with Crippen molar-refractivity contribution in [2.75, 3.05) is 18.6 Å². The van der Waals surface area contributed by atoms with E-state index in [0.717, 1.165) is 11.3 Å². The van der Waals surface area contributed by atoms with Crippen molar-refractivity contribution < 1.29 is 19.1 Å². The van der Waals surface area contributed by atoms with Crippen LogP contribution < -0.4 is 15.4 Å². The topological polar surface area (TPSA) is 89.7 Å². The van der Waals surface area contributed by atoms with E-state index in [-0.39, 0.29) is 18.3 Å². The highest BCUT2D eigenvalue weighted by Crippen LogP contribution is 2.28. The van der Waals surface area contributed by atoms with Crippen molar-refractivity contribution in [2.45, 2.75) is 6.42 Å². The SMILES string of the molecule is CN1C(=O)Cc2cc(C(=O)COc3ccc(C(N)=O)cc3)ccc21. The molecule has 0 spiro atoms. The van der Waals surface area contributed by atoms with E-state index in [1.165, 1.54) is 0 Å². The molecule has 2 amide bonds. The molecule has 0 saturated heterocycles. The fourth-order valence-electron chi connectivity index (χ4n) is 2.59. The zero-order valence-corrected chi connectivity index (χ0v) is 13.1. The van der Waals surface area contributed by atoms with Gasteiger partial charge in [0.05, 0.1) is 6.42 Å². The molecule has 3 rings (SSSR count). The zero-order chi connectivity index (χ0) is 17.3. The van der Waals surface area contributed by atoms with Crippen LogP contribution in [-0.4, -0.2) is 31.3 Å². The number of anilines is 1. The Kier molecular flexibility index (Phi) is 4.04. The van der Waals surface area contributed by atoms with E-state index in [1.807, 2.05) is 0 Å². The van der Waals surface area contributed by atoms with Gasteiger partial charge in [0.15, 0.2) is 12.4 Å². The van der Waals surface area contributed by atoms with Gasteiger partial charge < -0.3 is 15.4 Å². The summed E-state index contributed by atoms with van der Waals surface area (Å²) in [5, 5.41) is 0. The van der Waals surface area contributed by atoms with Crippen LogP contribution >= 0.6 is 0 Å². The quantitative estimate of drug-likeness (QED) is 0.845. The number of rotatable bonds is 5. The van der Waals surface area contributed by atoms with Crippen molar-refractivity contribution in [3.8, 4) is 5.75 Å². The van der Waals surface area contributed by atoms with Gasteiger partial charge in [-0.1, -0.05) is 0 Å². The van der Waals surface area contributed by atoms with Crippen LogP contribution in [0.1, 0.15) is 26.3 Å². The Hall–Kier alpha value is -3.15. The van der Waals surface area contributed by atoms with E-state index in [1.54, 1.807) is 54.4 Å². The molecule has 24 heavy (non-hydrogen) atoms. The minimum absolute atomic E-state index is 0.0142. The molecular weight excluding hydrogens is 308 g/mol.